The smallest absolute Gasteiger partial charge is 0.305 e. The van der Waals surface area contributed by atoms with Crippen LogP contribution >= 0.6 is 0 Å². The number of aromatic nitrogens is 1. The van der Waals surface area contributed by atoms with E-state index in [4.69, 9.17) is 23.7 Å². The lowest BCUT2D eigenvalue weighted by molar-refractivity contribution is -0.138. The third-order valence-corrected chi connectivity index (χ3v) is 8.42. The number of nitrogens with zero attached hydrogens (tertiary/aromatic N) is 1. The first-order valence-corrected chi connectivity index (χ1v) is 18.8. The fraction of sp³-hybridized carbons (Fsp3) is 0.429. The van der Waals surface area contributed by atoms with Gasteiger partial charge in [-0.05, 0) is 65.6 Å². The Morgan fingerprint density at radius 2 is 1.42 bits per heavy atom. The molecule has 0 aliphatic heterocycles. The summed E-state index contributed by atoms with van der Waals surface area (Å²) in [6, 6.07) is 22.4. The van der Waals surface area contributed by atoms with Gasteiger partial charge in [0.15, 0.2) is 0 Å². The van der Waals surface area contributed by atoms with Crippen LogP contribution in [0, 0.1) is 6.92 Å². The molecular formula is C42H54N4O9. The van der Waals surface area contributed by atoms with E-state index >= 15 is 0 Å². The number of nitrogens with one attached hydrogen (secondary N) is 3. The molecule has 4 rings (SSSR count). The second-order valence-corrected chi connectivity index (χ2v) is 12.8. The van der Waals surface area contributed by atoms with Crippen molar-refractivity contribution in [1.82, 2.24) is 15.6 Å². The van der Waals surface area contributed by atoms with Crippen molar-refractivity contribution in [3.05, 3.63) is 90.1 Å². The van der Waals surface area contributed by atoms with E-state index in [-0.39, 0.29) is 25.3 Å². The summed E-state index contributed by atoms with van der Waals surface area (Å²) in [6.45, 7) is 9.00. The summed E-state index contributed by atoms with van der Waals surface area (Å²) in [7, 11) is 0. The van der Waals surface area contributed by atoms with E-state index in [1.165, 1.54) is 0 Å². The van der Waals surface area contributed by atoms with Crippen LogP contribution < -0.4 is 20.7 Å². The van der Waals surface area contributed by atoms with Crippen molar-refractivity contribution in [3.8, 4) is 16.9 Å². The predicted octanol–water partition coefficient (Wildman–Crippen LogP) is 5.71. The maximum Gasteiger partial charge on any atom is 0.305 e. The molecule has 3 aromatic carbocycles. The highest BCUT2D eigenvalue weighted by Gasteiger charge is 2.19. The molecule has 0 unspecified atom stereocenters. The van der Waals surface area contributed by atoms with Gasteiger partial charge in [-0.25, -0.2) is 4.98 Å². The van der Waals surface area contributed by atoms with Gasteiger partial charge in [-0.2, -0.15) is 0 Å². The molecule has 0 bridgehead atoms. The molecule has 0 aliphatic rings. The number of ether oxygens (including phenoxy) is 5. The molecule has 0 aliphatic carbocycles. The summed E-state index contributed by atoms with van der Waals surface area (Å²) in [5, 5.41) is 20.1. The number of aliphatic carboxylic acids is 1. The van der Waals surface area contributed by atoms with Crippen molar-refractivity contribution in [2.45, 2.75) is 45.6 Å². The van der Waals surface area contributed by atoms with E-state index in [1.54, 1.807) is 6.20 Å². The predicted molar refractivity (Wildman–Crippen MR) is 211 cm³/mol. The van der Waals surface area contributed by atoms with E-state index in [0.29, 0.717) is 71.4 Å². The van der Waals surface area contributed by atoms with Crippen LogP contribution in [0.25, 0.3) is 21.9 Å². The number of amides is 2. The zero-order valence-corrected chi connectivity index (χ0v) is 31.8. The molecule has 0 fully saturated rings. The number of hydrogen-bond donors (Lipinski definition) is 4. The number of anilines is 1. The normalized spacial score (nSPS) is 11.6. The topological polar surface area (TPSA) is 167 Å². The molecule has 0 radical (unpaired) electrons. The number of carbonyl (C=O) groups excluding carboxylic acids is 2. The highest BCUT2D eigenvalue weighted by atomic mass is 16.6. The zero-order chi connectivity index (χ0) is 39.1. The molecule has 1 heterocycles. The monoisotopic (exact) mass is 758 g/mol. The summed E-state index contributed by atoms with van der Waals surface area (Å²) in [6.07, 6.45) is 3.19. The maximum absolute atomic E-state index is 12.8. The van der Waals surface area contributed by atoms with E-state index in [2.05, 4.69) is 27.9 Å². The molecule has 13 nitrogen and oxygen atoms in total. The van der Waals surface area contributed by atoms with Gasteiger partial charge in [0.1, 0.15) is 18.2 Å². The van der Waals surface area contributed by atoms with Gasteiger partial charge in [-0.3, -0.25) is 14.4 Å². The van der Waals surface area contributed by atoms with Crippen LogP contribution in [0.15, 0.2) is 79.0 Å². The Hall–Kier alpha value is -5.08. The Morgan fingerprint density at radius 1 is 0.764 bits per heavy atom. The number of benzene rings is 3. The standard InChI is InChI=1S/C42H54N4O9/c1-3-19-51-20-21-52-22-23-53-24-25-54-26-27-55-38-10-5-8-35-34(7-4-9-36(35)38)32-12-14-33(15-13-32)37(29-42(49)50)46-41(48)30-45-40(47)11-6-17-43-39-28-31(2)16-18-44-39/h4-5,7-10,12-16,18,28,37H,3,6,11,17,19-27,29-30H2,1-2H3,(H,43,44)(H,45,47)(H,46,48)(H,49,50)/t37-/m0/s1. The second-order valence-electron chi connectivity index (χ2n) is 12.8. The highest BCUT2D eigenvalue weighted by Crippen LogP contribution is 2.34. The summed E-state index contributed by atoms with van der Waals surface area (Å²) in [4.78, 5) is 41.1. The van der Waals surface area contributed by atoms with Crippen molar-refractivity contribution in [1.29, 1.82) is 0 Å². The van der Waals surface area contributed by atoms with Crippen LogP contribution in [0.1, 0.15) is 49.8 Å². The van der Waals surface area contributed by atoms with Gasteiger partial charge in [-0.15, -0.1) is 0 Å². The van der Waals surface area contributed by atoms with Crippen molar-refractivity contribution >= 4 is 34.4 Å². The van der Waals surface area contributed by atoms with Gasteiger partial charge in [0.25, 0.3) is 0 Å². The van der Waals surface area contributed by atoms with E-state index in [0.717, 1.165) is 52.1 Å². The number of aryl methyl sites for hydroxylation is 1. The Bertz CT molecular complexity index is 1770. The first kappa shape index (κ1) is 42.7. The fourth-order valence-corrected chi connectivity index (χ4v) is 5.71. The number of carboxylic acid groups (broad SMARTS) is 1. The molecule has 0 spiro atoms. The highest BCUT2D eigenvalue weighted by molar-refractivity contribution is 5.99. The molecule has 2 amide bonds. The minimum Gasteiger partial charge on any atom is -0.491 e. The summed E-state index contributed by atoms with van der Waals surface area (Å²) < 4.78 is 28.1. The molecular weight excluding hydrogens is 704 g/mol. The van der Waals surface area contributed by atoms with Gasteiger partial charge in [0, 0.05) is 31.2 Å². The molecule has 13 heteroatoms. The third-order valence-electron chi connectivity index (χ3n) is 8.42. The van der Waals surface area contributed by atoms with Crippen molar-refractivity contribution in [2.24, 2.45) is 0 Å². The van der Waals surface area contributed by atoms with Gasteiger partial charge in [0.05, 0.1) is 65.3 Å². The minimum absolute atomic E-state index is 0.228. The lowest BCUT2D eigenvalue weighted by atomic mass is 9.95. The van der Waals surface area contributed by atoms with Gasteiger partial charge in [-0.1, -0.05) is 61.5 Å². The summed E-state index contributed by atoms with van der Waals surface area (Å²) >= 11 is 0. The van der Waals surface area contributed by atoms with Crippen LogP contribution in [0.3, 0.4) is 0 Å². The number of carbonyl (C=O) groups is 3. The van der Waals surface area contributed by atoms with E-state index in [1.807, 2.05) is 79.7 Å². The van der Waals surface area contributed by atoms with Crippen molar-refractivity contribution < 1.29 is 43.2 Å². The number of fused-ring (bicyclic) bond motifs is 1. The number of pyridine rings is 1. The van der Waals surface area contributed by atoms with Crippen LogP contribution in [0.5, 0.6) is 5.75 Å². The van der Waals surface area contributed by atoms with Gasteiger partial charge >= 0.3 is 5.97 Å². The molecule has 0 saturated carbocycles. The summed E-state index contributed by atoms with van der Waals surface area (Å²) in [5.41, 5.74) is 3.62. The molecule has 0 saturated heterocycles. The average Bonchev–Trinajstić information content (AvgIpc) is 3.18. The Labute approximate surface area is 323 Å². The molecule has 1 atom stereocenters. The number of rotatable bonds is 27. The average molecular weight is 759 g/mol. The molecule has 55 heavy (non-hydrogen) atoms. The van der Waals surface area contributed by atoms with Gasteiger partial charge in [0.2, 0.25) is 11.8 Å². The SMILES string of the molecule is CCCOCCOCCOCCOCCOc1cccc2c(-c3ccc([C@H](CC(=O)O)NC(=O)CNC(=O)CCCNc4cc(C)ccn4)cc3)cccc12. The van der Waals surface area contributed by atoms with E-state index < -0.39 is 17.9 Å². The lowest BCUT2D eigenvalue weighted by Gasteiger charge is -2.18. The Morgan fingerprint density at radius 3 is 2.09 bits per heavy atom. The van der Waals surface area contributed by atoms with Crippen LogP contribution in [-0.4, -0.2) is 100 Å². The second kappa shape index (κ2) is 24.4. The molecule has 296 valence electrons. The van der Waals surface area contributed by atoms with Crippen LogP contribution in [0.2, 0.25) is 0 Å². The van der Waals surface area contributed by atoms with Crippen LogP contribution in [-0.2, 0) is 33.3 Å². The number of hydrogen-bond acceptors (Lipinski definition) is 10. The Balaban J connectivity index is 1.22. The van der Waals surface area contributed by atoms with Crippen LogP contribution in [0.4, 0.5) is 5.82 Å². The Kier molecular flexibility index (Phi) is 18.9. The molecule has 4 N–H and O–H groups in total. The first-order valence-electron chi connectivity index (χ1n) is 18.8. The molecule has 1 aromatic heterocycles. The van der Waals surface area contributed by atoms with Crippen molar-refractivity contribution in [3.63, 3.8) is 0 Å². The summed E-state index contributed by atoms with van der Waals surface area (Å²) in [5.74, 6) is -0.320. The minimum atomic E-state index is -1.06. The third kappa shape index (κ3) is 15.7. The van der Waals surface area contributed by atoms with E-state index in [9.17, 15) is 19.5 Å². The largest absolute Gasteiger partial charge is 0.491 e. The maximum atomic E-state index is 12.8. The number of carboxylic acids is 1. The quantitative estimate of drug-likeness (QED) is 0.0551. The van der Waals surface area contributed by atoms with Gasteiger partial charge < -0.3 is 44.7 Å². The zero-order valence-electron chi connectivity index (χ0n) is 31.8. The van der Waals surface area contributed by atoms with Crippen molar-refractivity contribution in [2.75, 3.05) is 77.9 Å². The lowest BCUT2D eigenvalue weighted by Crippen LogP contribution is -2.39. The molecule has 4 aromatic rings. The fourth-order valence-electron chi connectivity index (χ4n) is 5.71. The first-order chi connectivity index (χ1) is 26.8.